The molecule has 0 aliphatic rings. The van der Waals surface area contributed by atoms with E-state index in [1.165, 1.54) is 7.11 Å². The summed E-state index contributed by atoms with van der Waals surface area (Å²) in [5.74, 6) is -0.219. The maximum absolute atomic E-state index is 13.3. The average molecular weight is 219 g/mol. The molecule has 1 nitrogen and oxygen atoms in total. The highest BCUT2D eigenvalue weighted by atomic mass is 35.5. The minimum atomic E-state index is -0.354. The zero-order valence-corrected chi connectivity index (χ0v) is 9.78. The van der Waals surface area contributed by atoms with Gasteiger partial charge in [-0.25, -0.2) is 4.39 Å². The van der Waals surface area contributed by atoms with Crippen molar-refractivity contribution in [1.29, 1.82) is 0 Å². The van der Waals surface area contributed by atoms with Gasteiger partial charge in [0.05, 0.1) is 12.1 Å². The van der Waals surface area contributed by atoms with E-state index in [4.69, 9.17) is 16.3 Å². The van der Waals surface area contributed by atoms with Gasteiger partial charge in [-0.15, -0.1) is 0 Å². The second kappa shape index (κ2) is 6.66. The Morgan fingerprint density at radius 3 is 2.36 bits per heavy atom. The van der Waals surface area contributed by atoms with Crippen molar-refractivity contribution in [2.24, 2.45) is 0 Å². The minimum absolute atomic E-state index is 0.135. The molecule has 0 heterocycles. The fourth-order valence-electron chi connectivity index (χ4n) is 1.03. The first-order valence-corrected chi connectivity index (χ1v) is 5.09. The zero-order chi connectivity index (χ0) is 11.1. The lowest BCUT2D eigenvalue weighted by atomic mass is 10.1. The SMILES string of the molecule is CC.CCc1ccc(Cl)c(OC)c1F. The molecule has 80 valence electrons. The number of halogens is 2. The Bertz CT molecular complexity index is 287. The van der Waals surface area contributed by atoms with E-state index in [2.05, 4.69) is 0 Å². The van der Waals surface area contributed by atoms with Crippen molar-refractivity contribution < 1.29 is 9.13 Å². The molecule has 0 radical (unpaired) electrons. The third-order valence-corrected chi connectivity index (χ3v) is 2.01. The van der Waals surface area contributed by atoms with E-state index in [0.29, 0.717) is 17.0 Å². The Morgan fingerprint density at radius 1 is 1.36 bits per heavy atom. The van der Waals surface area contributed by atoms with Crippen LogP contribution in [-0.4, -0.2) is 7.11 Å². The summed E-state index contributed by atoms with van der Waals surface area (Å²) in [4.78, 5) is 0. The molecule has 1 aromatic carbocycles. The third-order valence-electron chi connectivity index (χ3n) is 1.71. The molecule has 0 amide bonds. The maximum atomic E-state index is 13.3. The normalized spacial score (nSPS) is 9.00. The monoisotopic (exact) mass is 218 g/mol. The fraction of sp³-hybridized carbons (Fsp3) is 0.455. The summed E-state index contributed by atoms with van der Waals surface area (Å²) in [6.45, 7) is 5.88. The molecule has 0 fully saturated rings. The quantitative estimate of drug-likeness (QED) is 0.727. The molecule has 0 atom stereocenters. The lowest BCUT2D eigenvalue weighted by Gasteiger charge is -2.06. The molecule has 0 aliphatic heterocycles. The smallest absolute Gasteiger partial charge is 0.173 e. The van der Waals surface area contributed by atoms with Gasteiger partial charge in [-0.05, 0) is 18.1 Å². The van der Waals surface area contributed by atoms with E-state index in [1.54, 1.807) is 12.1 Å². The molecule has 1 aromatic rings. The van der Waals surface area contributed by atoms with Crippen molar-refractivity contribution in [3.63, 3.8) is 0 Å². The van der Waals surface area contributed by atoms with Crippen LogP contribution < -0.4 is 4.74 Å². The number of benzene rings is 1. The van der Waals surface area contributed by atoms with Gasteiger partial charge >= 0.3 is 0 Å². The first kappa shape index (κ1) is 13.2. The van der Waals surface area contributed by atoms with Gasteiger partial charge in [-0.1, -0.05) is 38.4 Å². The molecule has 1 rings (SSSR count). The van der Waals surface area contributed by atoms with Gasteiger partial charge in [0.1, 0.15) is 0 Å². The molecule has 0 aromatic heterocycles. The molecule has 0 N–H and O–H groups in total. The Hall–Kier alpha value is -0.760. The van der Waals surface area contributed by atoms with Crippen molar-refractivity contribution >= 4 is 11.6 Å². The maximum Gasteiger partial charge on any atom is 0.173 e. The van der Waals surface area contributed by atoms with Crippen LogP contribution in [0.4, 0.5) is 4.39 Å². The first-order valence-electron chi connectivity index (χ1n) is 4.71. The second-order valence-corrected chi connectivity index (χ2v) is 2.81. The predicted octanol–water partition coefficient (Wildman–Crippen LogP) is 4.08. The predicted molar refractivity (Wildman–Crippen MR) is 58.7 cm³/mol. The van der Waals surface area contributed by atoms with Crippen molar-refractivity contribution in [2.45, 2.75) is 27.2 Å². The Labute approximate surface area is 89.8 Å². The number of hydrogen-bond acceptors (Lipinski definition) is 1. The summed E-state index contributed by atoms with van der Waals surface area (Å²) in [7, 11) is 1.41. The zero-order valence-electron chi connectivity index (χ0n) is 9.03. The van der Waals surface area contributed by atoms with E-state index >= 15 is 0 Å². The highest BCUT2D eigenvalue weighted by Crippen LogP contribution is 2.29. The van der Waals surface area contributed by atoms with Crippen LogP contribution in [0.25, 0.3) is 0 Å². The molecular weight excluding hydrogens is 203 g/mol. The summed E-state index contributed by atoms with van der Waals surface area (Å²) < 4.78 is 18.1. The Balaban J connectivity index is 0.000000791. The van der Waals surface area contributed by atoms with Crippen LogP contribution in [0.1, 0.15) is 26.3 Å². The Morgan fingerprint density at radius 2 is 1.93 bits per heavy atom. The largest absolute Gasteiger partial charge is 0.492 e. The van der Waals surface area contributed by atoms with Gasteiger partial charge in [0.2, 0.25) is 0 Å². The van der Waals surface area contributed by atoms with Crippen LogP contribution in [0.15, 0.2) is 12.1 Å². The topological polar surface area (TPSA) is 9.23 Å². The number of ether oxygens (including phenoxy) is 1. The minimum Gasteiger partial charge on any atom is -0.492 e. The van der Waals surface area contributed by atoms with Gasteiger partial charge in [0.15, 0.2) is 11.6 Å². The van der Waals surface area contributed by atoms with E-state index in [9.17, 15) is 4.39 Å². The molecular formula is C11H16ClFO. The summed E-state index contributed by atoms with van der Waals surface area (Å²) in [5, 5.41) is 0.312. The van der Waals surface area contributed by atoms with Gasteiger partial charge in [0.25, 0.3) is 0 Å². The van der Waals surface area contributed by atoms with Crippen LogP contribution in [0.2, 0.25) is 5.02 Å². The van der Waals surface area contributed by atoms with Crippen molar-refractivity contribution in [1.82, 2.24) is 0 Å². The van der Waals surface area contributed by atoms with Gasteiger partial charge in [0, 0.05) is 0 Å². The van der Waals surface area contributed by atoms with E-state index < -0.39 is 0 Å². The number of rotatable bonds is 2. The molecule has 0 unspecified atom stereocenters. The molecule has 0 spiro atoms. The van der Waals surface area contributed by atoms with Crippen LogP contribution in [0.3, 0.4) is 0 Å². The second-order valence-electron chi connectivity index (χ2n) is 2.41. The van der Waals surface area contributed by atoms with Crippen LogP contribution in [0, 0.1) is 5.82 Å². The van der Waals surface area contributed by atoms with Gasteiger partial charge in [-0.3, -0.25) is 0 Å². The molecule has 14 heavy (non-hydrogen) atoms. The van der Waals surface area contributed by atoms with Gasteiger partial charge < -0.3 is 4.74 Å². The first-order chi connectivity index (χ1) is 6.70. The summed E-state index contributed by atoms with van der Waals surface area (Å²) in [5.41, 5.74) is 0.622. The van der Waals surface area contributed by atoms with Crippen molar-refractivity contribution in [2.75, 3.05) is 7.11 Å². The summed E-state index contributed by atoms with van der Waals surface area (Å²) in [6.07, 6.45) is 0.638. The third kappa shape index (κ3) is 2.88. The van der Waals surface area contributed by atoms with Crippen LogP contribution >= 0.6 is 11.6 Å². The molecule has 0 saturated heterocycles. The average Bonchev–Trinajstić information content (AvgIpc) is 2.22. The van der Waals surface area contributed by atoms with Crippen LogP contribution in [0.5, 0.6) is 5.75 Å². The van der Waals surface area contributed by atoms with E-state index in [-0.39, 0.29) is 11.6 Å². The van der Waals surface area contributed by atoms with Crippen LogP contribution in [-0.2, 0) is 6.42 Å². The fourth-order valence-corrected chi connectivity index (χ4v) is 1.26. The number of aryl methyl sites for hydroxylation is 1. The molecule has 0 bridgehead atoms. The number of hydrogen-bond donors (Lipinski definition) is 0. The Kier molecular flexibility index (Phi) is 6.30. The molecule has 0 aliphatic carbocycles. The van der Waals surface area contributed by atoms with Crippen molar-refractivity contribution in [3.05, 3.63) is 28.5 Å². The highest BCUT2D eigenvalue weighted by molar-refractivity contribution is 6.32. The molecule has 3 heteroatoms. The van der Waals surface area contributed by atoms with Crippen molar-refractivity contribution in [3.8, 4) is 5.75 Å². The molecule has 0 saturated carbocycles. The lowest BCUT2D eigenvalue weighted by molar-refractivity contribution is 0.384. The summed E-state index contributed by atoms with van der Waals surface area (Å²) >= 11 is 5.69. The standard InChI is InChI=1S/C9H10ClFO.C2H6/c1-3-6-4-5-7(10)9(12-2)8(6)11;1-2/h4-5H,3H2,1-2H3;1-2H3. The summed E-state index contributed by atoms with van der Waals surface area (Å²) in [6, 6.07) is 3.31. The van der Waals surface area contributed by atoms with Gasteiger partial charge in [-0.2, -0.15) is 0 Å². The lowest BCUT2D eigenvalue weighted by Crippen LogP contribution is -1.94. The number of methoxy groups -OCH3 is 1. The van der Waals surface area contributed by atoms with E-state index in [1.807, 2.05) is 20.8 Å². The van der Waals surface area contributed by atoms with E-state index in [0.717, 1.165) is 0 Å². The highest BCUT2D eigenvalue weighted by Gasteiger charge is 2.10.